The normalized spacial score (nSPS) is 19.5. The van der Waals surface area contributed by atoms with Crippen LogP contribution in [0.15, 0.2) is 48.5 Å². The number of hydrogen-bond acceptors (Lipinski definition) is 2. The van der Waals surface area contributed by atoms with Gasteiger partial charge in [-0.3, -0.25) is 10.1 Å². The van der Waals surface area contributed by atoms with Crippen LogP contribution in [0.25, 0.3) is 11.0 Å². The monoisotopic (exact) mass is 351 g/mol. The molecule has 1 saturated carbocycles. The molecule has 3 aromatic rings. The molecule has 2 unspecified atom stereocenters. The number of rotatable bonds is 3. The Morgan fingerprint density at radius 3 is 2.58 bits per heavy atom. The van der Waals surface area contributed by atoms with Crippen molar-refractivity contribution >= 4 is 22.9 Å². The number of imidazole rings is 1. The molecular formula is C21H22FN3O. The maximum atomic E-state index is 14.0. The van der Waals surface area contributed by atoms with Crippen LogP contribution in [0.4, 0.5) is 10.3 Å². The van der Waals surface area contributed by atoms with Crippen LogP contribution in [0, 0.1) is 11.7 Å². The predicted octanol–water partition coefficient (Wildman–Crippen LogP) is 4.67. The first kappa shape index (κ1) is 16.8. The Morgan fingerprint density at radius 1 is 1.15 bits per heavy atom. The van der Waals surface area contributed by atoms with Gasteiger partial charge in [0.25, 0.3) is 0 Å². The maximum absolute atomic E-state index is 14.0. The van der Waals surface area contributed by atoms with Gasteiger partial charge < -0.3 is 4.57 Å². The number of anilines is 1. The van der Waals surface area contributed by atoms with Gasteiger partial charge in [0, 0.05) is 11.5 Å². The second kappa shape index (κ2) is 5.94. The highest BCUT2D eigenvalue weighted by atomic mass is 19.1. The number of para-hydroxylation sites is 2. The molecule has 2 aromatic carbocycles. The second-order valence-corrected chi connectivity index (χ2v) is 7.89. The predicted molar refractivity (Wildman–Crippen MR) is 101 cm³/mol. The number of carbonyl (C=O) groups excluding carboxylic acids is 1. The standard InChI is InChI=1S/C21H22FN3O/c1-21(2,3)25-18-11-7-6-10-17(18)23-20(25)24-19(26)15-12-14(15)13-8-4-5-9-16(13)22/h4-11,14-15H,12H2,1-3H3,(H,23,24,26). The minimum atomic E-state index is -0.241. The number of nitrogens with one attached hydrogen (secondary N) is 1. The number of amides is 1. The van der Waals surface area contributed by atoms with Gasteiger partial charge in [0.1, 0.15) is 5.82 Å². The highest BCUT2D eigenvalue weighted by Gasteiger charge is 2.45. The summed E-state index contributed by atoms with van der Waals surface area (Å²) in [4.78, 5) is 17.3. The summed E-state index contributed by atoms with van der Waals surface area (Å²) < 4.78 is 16.0. The van der Waals surface area contributed by atoms with E-state index in [9.17, 15) is 9.18 Å². The zero-order valence-corrected chi connectivity index (χ0v) is 15.2. The molecule has 5 heteroatoms. The summed E-state index contributed by atoms with van der Waals surface area (Å²) in [5.41, 5.74) is 2.22. The summed E-state index contributed by atoms with van der Waals surface area (Å²) in [5.74, 6) is -0.0551. The molecule has 4 rings (SSSR count). The molecule has 1 fully saturated rings. The van der Waals surface area contributed by atoms with E-state index < -0.39 is 0 Å². The van der Waals surface area contributed by atoms with Gasteiger partial charge in [-0.05, 0) is 56.9 Å². The van der Waals surface area contributed by atoms with Gasteiger partial charge in [0.05, 0.1) is 11.0 Å². The largest absolute Gasteiger partial charge is 0.305 e. The van der Waals surface area contributed by atoms with Crippen LogP contribution >= 0.6 is 0 Å². The number of carbonyl (C=O) groups is 1. The van der Waals surface area contributed by atoms with Gasteiger partial charge >= 0.3 is 0 Å². The Morgan fingerprint density at radius 2 is 1.85 bits per heavy atom. The quantitative estimate of drug-likeness (QED) is 0.745. The van der Waals surface area contributed by atoms with E-state index >= 15 is 0 Å². The van der Waals surface area contributed by atoms with E-state index in [0.29, 0.717) is 17.9 Å². The maximum Gasteiger partial charge on any atom is 0.230 e. The van der Waals surface area contributed by atoms with E-state index in [0.717, 1.165) is 11.0 Å². The molecule has 26 heavy (non-hydrogen) atoms. The van der Waals surface area contributed by atoms with E-state index in [1.807, 2.05) is 34.9 Å². The fourth-order valence-electron chi connectivity index (χ4n) is 3.60. The fourth-order valence-corrected chi connectivity index (χ4v) is 3.60. The van der Waals surface area contributed by atoms with Crippen molar-refractivity contribution in [3.8, 4) is 0 Å². The Bertz CT molecular complexity index is 986. The van der Waals surface area contributed by atoms with E-state index in [1.165, 1.54) is 6.07 Å². The molecule has 134 valence electrons. The smallest absolute Gasteiger partial charge is 0.230 e. The molecule has 1 amide bonds. The molecule has 1 aliphatic carbocycles. The van der Waals surface area contributed by atoms with Gasteiger partial charge in [0.15, 0.2) is 0 Å². The summed E-state index contributed by atoms with van der Waals surface area (Å²) in [6, 6.07) is 14.5. The van der Waals surface area contributed by atoms with Crippen molar-refractivity contribution in [3.63, 3.8) is 0 Å². The second-order valence-electron chi connectivity index (χ2n) is 7.89. The lowest BCUT2D eigenvalue weighted by Gasteiger charge is -2.24. The highest BCUT2D eigenvalue weighted by Crippen LogP contribution is 2.48. The molecule has 1 N–H and O–H groups in total. The van der Waals surface area contributed by atoms with E-state index in [-0.39, 0.29) is 29.1 Å². The van der Waals surface area contributed by atoms with Gasteiger partial charge in [-0.25, -0.2) is 9.37 Å². The number of hydrogen-bond donors (Lipinski definition) is 1. The van der Waals surface area contributed by atoms with Crippen LogP contribution in [0.2, 0.25) is 0 Å². The van der Waals surface area contributed by atoms with Gasteiger partial charge in [0.2, 0.25) is 11.9 Å². The van der Waals surface area contributed by atoms with Crippen molar-refractivity contribution in [3.05, 3.63) is 59.9 Å². The Kier molecular flexibility index (Phi) is 3.83. The van der Waals surface area contributed by atoms with E-state index in [2.05, 4.69) is 31.1 Å². The molecular weight excluding hydrogens is 329 g/mol. The Hall–Kier alpha value is -2.69. The van der Waals surface area contributed by atoms with Crippen molar-refractivity contribution in [1.82, 2.24) is 9.55 Å². The van der Waals surface area contributed by atoms with E-state index in [4.69, 9.17) is 0 Å². The molecule has 2 atom stereocenters. The number of halogens is 1. The number of aromatic nitrogens is 2. The van der Waals surface area contributed by atoms with Gasteiger partial charge in [-0.15, -0.1) is 0 Å². The molecule has 1 aromatic heterocycles. The first-order valence-corrected chi connectivity index (χ1v) is 8.89. The summed E-state index contributed by atoms with van der Waals surface area (Å²) in [6.45, 7) is 6.24. The lowest BCUT2D eigenvalue weighted by atomic mass is 10.1. The van der Waals surface area contributed by atoms with Crippen LogP contribution in [0.3, 0.4) is 0 Å². The Labute approximate surface area is 152 Å². The zero-order chi connectivity index (χ0) is 18.5. The summed E-state index contributed by atoms with van der Waals surface area (Å²) in [5, 5.41) is 2.98. The van der Waals surface area contributed by atoms with Crippen LogP contribution in [-0.2, 0) is 10.3 Å². The lowest BCUT2D eigenvalue weighted by Crippen LogP contribution is -2.26. The third kappa shape index (κ3) is 2.87. The average Bonchev–Trinajstić information content (AvgIpc) is 3.28. The third-order valence-electron chi connectivity index (χ3n) is 4.90. The molecule has 0 bridgehead atoms. The Balaban J connectivity index is 1.60. The molecule has 4 nitrogen and oxygen atoms in total. The number of fused-ring (bicyclic) bond motifs is 1. The fraction of sp³-hybridized carbons (Fsp3) is 0.333. The lowest BCUT2D eigenvalue weighted by molar-refractivity contribution is -0.117. The average molecular weight is 351 g/mol. The van der Waals surface area contributed by atoms with Crippen molar-refractivity contribution in [2.75, 3.05) is 5.32 Å². The number of benzene rings is 2. The van der Waals surface area contributed by atoms with Crippen LogP contribution in [-0.4, -0.2) is 15.5 Å². The van der Waals surface area contributed by atoms with Crippen molar-refractivity contribution in [1.29, 1.82) is 0 Å². The first-order chi connectivity index (χ1) is 12.4. The van der Waals surface area contributed by atoms with Crippen molar-refractivity contribution in [2.24, 2.45) is 5.92 Å². The topological polar surface area (TPSA) is 46.9 Å². The SMILES string of the molecule is CC(C)(C)n1c(NC(=O)C2CC2c2ccccc2F)nc2ccccc21. The first-order valence-electron chi connectivity index (χ1n) is 8.89. The van der Waals surface area contributed by atoms with Crippen molar-refractivity contribution in [2.45, 2.75) is 38.6 Å². The molecule has 0 saturated heterocycles. The molecule has 0 radical (unpaired) electrons. The summed E-state index contributed by atoms with van der Waals surface area (Å²) >= 11 is 0. The van der Waals surface area contributed by atoms with Gasteiger partial charge in [-0.2, -0.15) is 0 Å². The molecule has 1 heterocycles. The third-order valence-corrected chi connectivity index (χ3v) is 4.90. The summed E-state index contributed by atoms with van der Waals surface area (Å²) in [7, 11) is 0. The minimum absolute atomic E-state index is 0.0522. The van der Waals surface area contributed by atoms with E-state index in [1.54, 1.807) is 12.1 Å². The van der Waals surface area contributed by atoms with Gasteiger partial charge in [-0.1, -0.05) is 30.3 Å². The highest BCUT2D eigenvalue weighted by molar-refractivity contribution is 5.95. The number of nitrogens with zero attached hydrogens (tertiary/aromatic N) is 2. The molecule has 1 aliphatic rings. The molecule has 0 spiro atoms. The van der Waals surface area contributed by atoms with Crippen LogP contribution in [0.5, 0.6) is 0 Å². The molecule has 0 aliphatic heterocycles. The minimum Gasteiger partial charge on any atom is -0.305 e. The zero-order valence-electron chi connectivity index (χ0n) is 15.2. The van der Waals surface area contributed by atoms with Crippen molar-refractivity contribution < 1.29 is 9.18 Å². The van der Waals surface area contributed by atoms with Crippen LogP contribution in [0.1, 0.15) is 38.7 Å². The van der Waals surface area contributed by atoms with Crippen LogP contribution < -0.4 is 5.32 Å². The summed E-state index contributed by atoms with van der Waals surface area (Å²) in [6.07, 6.45) is 0.669.